The van der Waals surface area contributed by atoms with Crippen molar-refractivity contribution < 1.29 is 9.53 Å². The number of esters is 1. The van der Waals surface area contributed by atoms with Gasteiger partial charge in [-0.2, -0.15) is 5.26 Å². The Morgan fingerprint density at radius 2 is 1.97 bits per heavy atom. The van der Waals surface area contributed by atoms with E-state index in [0.717, 1.165) is 27.9 Å². The van der Waals surface area contributed by atoms with Gasteiger partial charge in [0.2, 0.25) is 0 Å². The highest BCUT2D eigenvalue weighted by Crippen LogP contribution is 2.40. The number of hydrogen-bond donors (Lipinski definition) is 1. The van der Waals surface area contributed by atoms with Gasteiger partial charge in [-0.25, -0.2) is 4.79 Å². The van der Waals surface area contributed by atoms with Crippen molar-refractivity contribution in [3.05, 3.63) is 100 Å². The predicted octanol–water partition coefficient (Wildman–Crippen LogP) is 4.07. The monoisotopic (exact) mass is 411 g/mol. The van der Waals surface area contributed by atoms with Crippen LogP contribution in [0.4, 0.5) is 5.69 Å². The third kappa shape index (κ3) is 4.03. The molecule has 0 spiro atoms. The standard InChI is InChI=1S/C26H25N3O2/c1-18-12-21(25(30)31-2)10-11-22(18)14-26(28)17-29(24-9-4-3-8-23(24)26)16-20-7-5-6-19(13-20)15-27/h3-13H,14,16-17,28H2,1-2H3. The zero-order valence-electron chi connectivity index (χ0n) is 17.8. The number of hydrogen-bond acceptors (Lipinski definition) is 5. The molecule has 2 N–H and O–H groups in total. The molecule has 3 aromatic carbocycles. The van der Waals surface area contributed by atoms with Gasteiger partial charge in [0.25, 0.3) is 0 Å². The maximum Gasteiger partial charge on any atom is 0.337 e. The Morgan fingerprint density at radius 3 is 2.71 bits per heavy atom. The van der Waals surface area contributed by atoms with Crippen molar-refractivity contribution in [1.82, 2.24) is 0 Å². The van der Waals surface area contributed by atoms with E-state index in [2.05, 4.69) is 23.1 Å². The number of aryl methyl sites for hydroxylation is 1. The summed E-state index contributed by atoms with van der Waals surface area (Å²) in [5, 5.41) is 9.21. The highest BCUT2D eigenvalue weighted by molar-refractivity contribution is 5.89. The van der Waals surface area contributed by atoms with Crippen LogP contribution in [0.2, 0.25) is 0 Å². The van der Waals surface area contributed by atoms with Crippen LogP contribution >= 0.6 is 0 Å². The van der Waals surface area contributed by atoms with Gasteiger partial charge in [0.1, 0.15) is 0 Å². The summed E-state index contributed by atoms with van der Waals surface area (Å²) in [5.41, 5.74) is 13.1. The van der Waals surface area contributed by atoms with E-state index in [9.17, 15) is 10.1 Å². The third-order valence-corrected chi connectivity index (χ3v) is 5.95. The molecule has 0 saturated heterocycles. The summed E-state index contributed by atoms with van der Waals surface area (Å²) < 4.78 is 4.83. The summed E-state index contributed by atoms with van der Waals surface area (Å²) in [4.78, 5) is 14.1. The number of fused-ring (bicyclic) bond motifs is 1. The van der Waals surface area contributed by atoms with Crippen LogP contribution in [0.3, 0.4) is 0 Å². The van der Waals surface area contributed by atoms with E-state index in [1.807, 2.05) is 55.5 Å². The molecule has 4 rings (SSSR count). The molecule has 1 aliphatic heterocycles. The largest absolute Gasteiger partial charge is 0.465 e. The molecule has 5 heteroatoms. The zero-order valence-corrected chi connectivity index (χ0v) is 17.8. The first-order valence-corrected chi connectivity index (χ1v) is 10.2. The zero-order chi connectivity index (χ0) is 22.0. The van der Waals surface area contributed by atoms with Crippen molar-refractivity contribution in [1.29, 1.82) is 5.26 Å². The summed E-state index contributed by atoms with van der Waals surface area (Å²) >= 11 is 0. The minimum Gasteiger partial charge on any atom is -0.465 e. The lowest BCUT2D eigenvalue weighted by Gasteiger charge is -2.27. The van der Waals surface area contributed by atoms with Crippen LogP contribution in [-0.2, 0) is 23.2 Å². The van der Waals surface area contributed by atoms with E-state index in [1.165, 1.54) is 7.11 Å². The molecule has 0 fully saturated rings. The Balaban J connectivity index is 1.63. The highest BCUT2D eigenvalue weighted by Gasteiger charge is 2.39. The molecule has 0 radical (unpaired) electrons. The van der Waals surface area contributed by atoms with Crippen molar-refractivity contribution >= 4 is 11.7 Å². The van der Waals surface area contributed by atoms with Crippen molar-refractivity contribution in [2.75, 3.05) is 18.6 Å². The van der Waals surface area contributed by atoms with Gasteiger partial charge in [-0.05, 0) is 65.9 Å². The van der Waals surface area contributed by atoms with E-state index in [1.54, 1.807) is 6.07 Å². The van der Waals surface area contributed by atoms with Crippen molar-refractivity contribution in [3.63, 3.8) is 0 Å². The molecule has 5 nitrogen and oxygen atoms in total. The second-order valence-electron chi connectivity index (χ2n) is 8.15. The summed E-state index contributed by atoms with van der Waals surface area (Å²) in [5.74, 6) is -0.339. The Morgan fingerprint density at radius 1 is 1.16 bits per heavy atom. The fraction of sp³-hybridized carbons (Fsp3) is 0.231. The minimum absolute atomic E-state index is 0.339. The number of nitriles is 1. The number of nitrogens with zero attached hydrogens (tertiary/aromatic N) is 2. The van der Waals surface area contributed by atoms with Crippen LogP contribution < -0.4 is 10.6 Å². The van der Waals surface area contributed by atoms with Gasteiger partial charge in [0.05, 0.1) is 29.8 Å². The summed E-state index contributed by atoms with van der Waals surface area (Å²) in [7, 11) is 1.39. The fourth-order valence-corrected chi connectivity index (χ4v) is 4.41. The molecule has 0 amide bonds. The molecule has 31 heavy (non-hydrogen) atoms. The Bertz CT molecular complexity index is 1180. The number of ether oxygens (including phenoxy) is 1. The number of anilines is 1. The van der Waals surface area contributed by atoms with Crippen molar-refractivity contribution in [3.8, 4) is 6.07 Å². The molecule has 0 bridgehead atoms. The molecule has 1 atom stereocenters. The molecular formula is C26H25N3O2. The normalized spacial score (nSPS) is 17.2. The first-order chi connectivity index (χ1) is 14.9. The van der Waals surface area contributed by atoms with Crippen LogP contribution in [-0.4, -0.2) is 19.6 Å². The molecule has 0 aliphatic carbocycles. The van der Waals surface area contributed by atoms with Crippen LogP contribution in [0.1, 0.15) is 38.2 Å². The van der Waals surface area contributed by atoms with Crippen LogP contribution in [0, 0.1) is 18.3 Å². The molecule has 0 saturated carbocycles. The first-order valence-electron chi connectivity index (χ1n) is 10.2. The maximum absolute atomic E-state index is 11.8. The van der Waals surface area contributed by atoms with Crippen LogP contribution in [0.25, 0.3) is 0 Å². The Kier molecular flexibility index (Phi) is 5.50. The number of nitrogens with two attached hydrogens (primary N) is 1. The molecule has 1 aliphatic rings. The summed E-state index contributed by atoms with van der Waals surface area (Å²) in [6, 6.07) is 23.8. The highest BCUT2D eigenvalue weighted by atomic mass is 16.5. The molecule has 3 aromatic rings. The number of benzene rings is 3. The van der Waals surface area contributed by atoms with Crippen LogP contribution in [0.15, 0.2) is 66.7 Å². The smallest absolute Gasteiger partial charge is 0.337 e. The molecule has 156 valence electrons. The SMILES string of the molecule is COC(=O)c1ccc(CC2(N)CN(Cc3cccc(C#N)c3)c3ccccc32)c(C)c1. The molecular weight excluding hydrogens is 386 g/mol. The van der Waals surface area contributed by atoms with Gasteiger partial charge in [-0.3, -0.25) is 0 Å². The number of carbonyl (C=O) groups is 1. The second-order valence-corrected chi connectivity index (χ2v) is 8.15. The molecule has 0 aromatic heterocycles. The van der Waals surface area contributed by atoms with E-state index < -0.39 is 5.54 Å². The van der Waals surface area contributed by atoms with Crippen LogP contribution in [0.5, 0.6) is 0 Å². The van der Waals surface area contributed by atoms with E-state index in [4.69, 9.17) is 10.5 Å². The quantitative estimate of drug-likeness (QED) is 0.640. The van der Waals surface area contributed by atoms with Gasteiger partial charge < -0.3 is 15.4 Å². The van der Waals surface area contributed by atoms with Crippen molar-refractivity contribution in [2.24, 2.45) is 5.73 Å². The Labute approximate surface area is 182 Å². The van der Waals surface area contributed by atoms with E-state index >= 15 is 0 Å². The number of rotatable bonds is 5. The molecule has 1 unspecified atom stereocenters. The first kappa shape index (κ1) is 20.6. The summed E-state index contributed by atoms with van der Waals surface area (Å²) in [6.45, 7) is 3.35. The predicted molar refractivity (Wildman–Crippen MR) is 121 cm³/mol. The lowest BCUT2D eigenvalue weighted by atomic mass is 9.85. The third-order valence-electron chi connectivity index (χ3n) is 5.95. The topological polar surface area (TPSA) is 79.3 Å². The van der Waals surface area contributed by atoms with Gasteiger partial charge >= 0.3 is 5.97 Å². The van der Waals surface area contributed by atoms with Crippen molar-refractivity contribution in [2.45, 2.75) is 25.4 Å². The Hall–Kier alpha value is -3.62. The van der Waals surface area contributed by atoms with Gasteiger partial charge in [-0.15, -0.1) is 0 Å². The minimum atomic E-state index is -0.555. The maximum atomic E-state index is 11.8. The van der Waals surface area contributed by atoms with Gasteiger partial charge in [0, 0.05) is 18.8 Å². The lowest BCUT2D eigenvalue weighted by molar-refractivity contribution is 0.0600. The number of methoxy groups -OCH3 is 1. The lowest BCUT2D eigenvalue weighted by Crippen LogP contribution is -2.43. The summed E-state index contributed by atoms with van der Waals surface area (Å²) in [6.07, 6.45) is 0.659. The average molecular weight is 412 g/mol. The molecule has 1 heterocycles. The van der Waals surface area contributed by atoms with E-state index in [0.29, 0.717) is 30.6 Å². The second kappa shape index (κ2) is 8.25. The average Bonchev–Trinajstić information content (AvgIpc) is 3.06. The fourth-order valence-electron chi connectivity index (χ4n) is 4.41. The van der Waals surface area contributed by atoms with Gasteiger partial charge in [0.15, 0.2) is 0 Å². The van der Waals surface area contributed by atoms with Gasteiger partial charge in [-0.1, -0.05) is 36.4 Å². The van der Waals surface area contributed by atoms with E-state index in [-0.39, 0.29) is 5.97 Å². The number of para-hydroxylation sites is 1. The number of carbonyl (C=O) groups excluding carboxylic acids is 1.